The van der Waals surface area contributed by atoms with Gasteiger partial charge < -0.3 is 10.2 Å². The van der Waals surface area contributed by atoms with Crippen molar-refractivity contribution in [2.75, 3.05) is 25.4 Å². The Bertz CT molecular complexity index is 1110. The van der Waals surface area contributed by atoms with Crippen molar-refractivity contribution in [2.24, 2.45) is 0 Å². The third-order valence-corrected chi connectivity index (χ3v) is 6.39. The van der Waals surface area contributed by atoms with E-state index in [1.165, 1.54) is 24.3 Å². The highest BCUT2D eigenvalue weighted by Crippen LogP contribution is 2.19. The summed E-state index contributed by atoms with van der Waals surface area (Å²) in [4.78, 5) is 14.7. The van der Waals surface area contributed by atoms with Gasteiger partial charge in [0.2, 0.25) is 0 Å². The summed E-state index contributed by atoms with van der Waals surface area (Å²) in [6.45, 7) is 2.37. The molecule has 0 saturated carbocycles. The number of nitrogens with zero attached hydrogens (tertiary/aromatic N) is 1. The number of aryl methyl sites for hydroxylation is 1. The van der Waals surface area contributed by atoms with E-state index in [1.807, 2.05) is 68.4 Å². The van der Waals surface area contributed by atoms with E-state index in [2.05, 4.69) is 10.0 Å². The lowest BCUT2D eigenvalue weighted by Crippen LogP contribution is -2.34. The maximum Gasteiger partial charge on any atom is 0.261 e. The summed E-state index contributed by atoms with van der Waals surface area (Å²) in [5.41, 5.74) is 3.04. The molecule has 6 nitrogen and oxygen atoms in total. The minimum atomic E-state index is -3.73. The highest BCUT2D eigenvalue weighted by Gasteiger charge is 2.17. The Kier molecular flexibility index (Phi) is 7.09. The maximum atomic E-state index is 12.6. The van der Waals surface area contributed by atoms with Crippen LogP contribution in [0.1, 0.15) is 27.5 Å². The molecule has 0 aliphatic heterocycles. The summed E-state index contributed by atoms with van der Waals surface area (Å²) < 4.78 is 27.7. The van der Waals surface area contributed by atoms with Crippen LogP contribution in [-0.4, -0.2) is 39.9 Å². The molecule has 0 bridgehead atoms. The Morgan fingerprint density at radius 1 is 0.903 bits per heavy atom. The van der Waals surface area contributed by atoms with Crippen molar-refractivity contribution >= 4 is 21.6 Å². The smallest absolute Gasteiger partial charge is 0.261 e. The number of anilines is 1. The zero-order valence-corrected chi connectivity index (χ0v) is 18.7. The minimum Gasteiger partial charge on any atom is -0.350 e. The van der Waals surface area contributed by atoms with Crippen LogP contribution in [0.4, 0.5) is 5.69 Å². The molecule has 0 aliphatic carbocycles. The molecule has 1 atom stereocenters. The van der Waals surface area contributed by atoms with Gasteiger partial charge in [-0.25, -0.2) is 8.42 Å². The molecule has 0 spiro atoms. The molecule has 7 heteroatoms. The van der Waals surface area contributed by atoms with Gasteiger partial charge in [0.25, 0.3) is 15.9 Å². The number of nitrogens with one attached hydrogen (secondary N) is 2. The zero-order chi connectivity index (χ0) is 22.4. The number of hydrogen-bond acceptors (Lipinski definition) is 4. The van der Waals surface area contributed by atoms with Gasteiger partial charge in [0.15, 0.2) is 0 Å². The largest absolute Gasteiger partial charge is 0.350 e. The van der Waals surface area contributed by atoms with Crippen LogP contribution in [0, 0.1) is 6.92 Å². The SMILES string of the molecule is Cc1ccc(NS(=O)(=O)c2ccc(C(=O)NCC(c3ccccc3)N(C)C)cc2)cc1. The van der Waals surface area contributed by atoms with E-state index in [0.29, 0.717) is 17.8 Å². The molecule has 3 rings (SSSR count). The number of carbonyl (C=O) groups is 1. The van der Waals surface area contributed by atoms with E-state index in [9.17, 15) is 13.2 Å². The van der Waals surface area contributed by atoms with Gasteiger partial charge in [0.1, 0.15) is 0 Å². The number of likely N-dealkylation sites (N-methyl/N-ethyl adjacent to an activating group) is 1. The highest BCUT2D eigenvalue weighted by atomic mass is 32.2. The molecule has 0 aliphatic rings. The van der Waals surface area contributed by atoms with Crippen LogP contribution >= 0.6 is 0 Å². The van der Waals surface area contributed by atoms with Gasteiger partial charge in [-0.3, -0.25) is 9.52 Å². The number of carbonyl (C=O) groups excluding carboxylic acids is 1. The maximum absolute atomic E-state index is 12.6. The Hall–Kier alpha value is -3.16. The minimum absolute atomic E-state index is 0.0310. The number of rotatable bonds is 8. The molecule has 0 fully saturated rings. The lowest BCUT2D eigenvalue weighted by Gasteiger charge is -2.25. The van der Waals surface area contributed by atoms with E-state index in [1.54, 1.807) is 12.1 Å². The summed E-state index contributed by atoms with van der Waals surface area (Å²) in [6.07, 6.45) is 0. The van der Waals surface area contributed by atoms with Crippen molar-refractivity contribution in [3.63, 3.8) is 0 Å². The van der Waals surface area contributed by atoms with Gasteiger partial charge in [-0.15, -0.1) is 0 Å². The van der Waals surface area contributed by atoms with Gasteiger partial charge in [-0.05, 0) is 63.0 Å². The summed E-state index contributed by atoms with van der Waals surface area (Å²) in [6, 6.07) is 23.0. The first kappa shape index (κ1) is 22.5. The van der Waals surface area contributed by atoms with Crippen LogP contribution < -0.4 is 10.0 Å². The fourth-order valence-electron chi connectivity index (χ4n) is 3.19. The third kappa shape index (κ3) is 5.93. The molecule has 0 saturated heterocycles. The van der Waals surface area contributed by atoms with E-state index < -0.39 is 10.0 Å². The topological polar surface area (TPSA) is 78.5 Å². The van der Waals surface area contributed by atoms with E-state index in [-0.39, 0.29) is 16.8 Å². The van der Waals surface area contributed by atoms with Crippen LogP contribution in [0.5, 0.6) is 0 Å². The molecule has 0 heterocycles. The molecule has 31 heavy (non-hydrogen) atoms. The predicted molar refractivity (Wildman–Crippen MR) is 124 cm³/mol. The Morgan fingerprint density at radius 3 is 2.10 bits per heavy atom. The van der Waals surface area contributed by atoms with Crippen molar-refractivity contribution in [1.29, 1.82) is 0 Å². The van der Waals surface area contributed by atoms with Crippen molar-refractivity contribution in [1.82, 2.24) is 10.2 Å². The van der Waals surface area contributed by atoms with E-state index in [4.69, 9.17) is 0 Å². The first-order valence-electron chi connectivity index (χ1n) is 9.95. The van der Waals surface area contributed by atoms with Gasteiger partial charge in [-0.1, -0.05) is 48.0 Å². The summed E-state index contributed by atoms with van der Waals surface area (Å²) in [5.74, 6) is -0.252. The molecular weight excluding hydrogens is 410 g/mol. The van der Waals surface area contributed by atoms with Crippen LogP contribution in [-0.2, 0) is 10.0 Å². The lowest BCUT2D eigenvalue weighted by atomic mass is 10.1. The average Bonchev–Trinajstić information content (AvgIpc) is 2.76. The molecule has 1 amide bonds. The van der Waals surface area contributed by atoms with Crippen LogP contribution in [0.15, 0.2) is 83.8 Å². The Balaban J connectivity index is 1.66. The number of hydrogen-bond donors (Lipinski definition) is 2. The standard InChI is InChI=1S/C24H27N3O3S/c1-18-9-13-21(14-10-18)26-31(29,30)22-15-11-20(12-16-22)24(28)25-17-23(27(2)3)19-7-5-4-6-8-19/h4-16,23,26H,17H2,1-3H3,(H,25,28). The van der Waals surface area contributed by atoms with Crippen LogP contribution in [0.2, 0.25) is 0 Å². The zero-order valence-electron chi connectivity index (χ0n) is 17.9. The molecule has 3 aromatic carbocycles. The summed E-state index contributed by atoms with van der Waals surface area (Å²) in [5, 5.41) is 2.94. The van der Waals surface area contributed by atoms with Gasteiger partial charge in [0.05, 0.1) is 10.9 Å². The fraction of sp³-hybridized carbons (Fsp3) is 0.208. The van der Waals surface area contributed by atoms with E-state index >= 15 is 0 Å². The van der Waals surface area contributed by atoms with Crippen LogP contribution in [0.25, 0.3) is 0 Å². The Labute approximate surface area is 184 Å². The lowest BCUT2D eigenvalue weighted by molar-refractivity contribution is 0.0942. The third-order valence-electron chi connectivity index (χ3n) is 4.99. The van der Waals surface area contributed by atoms with Gasteiger partial charge >= 0.3 is 0 Å². The number of benzene rings is 3. The average molecular weight is 438 g/mol. The van der Waals surface area contributed by atoms with Crippen molar-refractivity contribution < 1.29 is 13.2 Å². The second kappa shape index (κ2) is 9.76. The first-order chi connectivity index (χ1) is 14.8. The van der Waals surface area contributed by atoms with E-state index in [0.717, 1.165) is 11.1 Å². The molecule has 3 aromatic rings. The Morgan fingerprint density at radius 2 is 1.52 bits per heavy atom. The number of amides is 1. The molecule has 0 aromatic heterocycles. The van der Waals surface area contributed by atoms with Crippen molar-refractivity contribution in [3.05, 3.63) is 95.6 Å². The van der Waals surface area contributed by atoms with Crippen LogP contribution in [0.3, 0.4) is 0 Å². The van der Waals surface area contributed by atoms with Crippen molar-refractivity contribution in [2.45, 2.75) is 17.9 Å². The highest BCUT2D eigenvalue weighted by molar-refractivity contribution is 7.92. The molecule has 0 radical (unpaired) electrons. The van der Waals surface area contributed by atoms with Crippen molar-refractivity contribution in [3.8, 4) is 0 Å². The normalized spacial score (nSPS) is 12.4. The summed E-state index contributed by atoms with van der Waals surface area (Å²) >= 11 is 0. The second-order valence-electron chi connectivity index (χ2n) is 7.60. The first-order valence-corrected chi connectivity index (χ1v) is 11.4. The monoisotopic (exact) mass is 437 g/mol. The predicted octanol–water partition coefficient (Wildman–Crippen LogP) is 3.83. The number of sulfonamides is 1. The molecule has 1 unspecified atom stereocenters. The van der Waals surface area contributed by atoms with Gasteiger partial charge in [0, 0.05) is 17.8 Å². The van der Waals surface area contributed by atoms with Gasteiger partial charge in [-0.2, -0.15) is 0 Å². The fourth-order valence-corrected chi connectivity index (χ4v) is 4.24. The second-order valence-corrected chi connectivity index (χ2v) is 9.28. The summed E-state index contributed by atoms with van der Waals surface area (Å²) in [7, 11) is 0.196. The molecular formula is C24H27N3O3S. The molecule has 2 N–H and O–H groups in total. The quantitative estimate of drug-likeness (QED) is 0.561. The molecule has 162 valence electrons.